The molecule has 0 aromatic rings. The van der Waals surface area contributed by atoms with Crippen molar-refractivity contribution in [2.45, 2.75) is 46.0 Å². The molecule has 84 valence electrons. The fraction of sp³-hybridized carbons (Fsp3) is 0.615. The van der Waals surface area contributed by atoms with Gasteiger partial charge in [0.1, 0.15) is 0 Å². The highest BCUT2D eigenvalue weighted by molar-refractivity contribution is 5.77. The van der Waals surface area contributed by atoms with Gasteiger partial charge < -0.3 is 5.73 Å². The van der Waals surface area contributed by atoms with Crippen molar-refractivity contribution in [1.29, 1.82) is 0 Å². The number of amides is 1. The lowest BCUT2D eigenvalue weighted by Crippen LogP contribution is -2.24. The highest BCUT2D eigenvalue weighted by Gasteiger charge is 2.18. The summed E-state index contributed by atoms with van der Waals surface area (Å²) in [6.45, 7) is 4.25. The Kier molecular flexibility index (Phi) is 4.60. The normalized spacial score (nSPS) is 20.7. The number of carbonyl (C=O) groups is 1. The van der Waals surface area contributed by atoms with Crippen LogP contribution in [0, 0.1) is 5.92 Å². The van der Waals surface area contributed by atoms with Crippen molar-refractivity contribution >= 4 is 5.91 Å². The molecule has 2 nitrogen and oxygen atoms in total. The van der Waals surface area contributed by atoms with E-state index in [0.29, 0.717) is 0 Å². The van der Waals surface area contributed by atoms with E-state index in [1.165, 1.54) is 11.1 Å². The minimum atomic E-state index is -0.144. The van der Waals surface area contributed by atoms with Crippen LogP contribution in [0.25, 0.3) is 0 Å². The minimum Gasteiger partial charge on any atom is -0.369 e. The molecule has 2 N–H and O–H groups in total. The topological polar surface area (TPSA) is 43.1 Å². The summed E-state index contributed by atoms with van der Waals surface area (Å²) in [7, 11) is 0. The van der Waals surface area contributed by atoms with Crippen molar-refractivity contribution in [2.75, 3.05) is 0 Å². The van der Waals surface area contributed by atoms with Crippen LogP contribution < -0.4 is 5.73 Å². The van der Waals surface area contributed by atoms with Gasteiger partial charge in [-0.15, -0.1) is 0 Å². The molecule has 1 aliphatic rings. The summed E-state index contributed by atoms with van der Waals surface area (Å²) in [4.78, 5) is 10.9. The van der Waals surface area contributed by atoms with Gasteiger partial charge in [-0.2, -0.15) is 0 Å². The van der Waals surface area contributed by atoms with Gasteiger partial charge in [-0.3, -0.25) is 4.79 Å². The van der Waals surface area contributed by atoms with Crippen molar-refractivity contribution in [3.63, 3.8) is 0 Å². The van der Waals surface area contributed by atoms with Crippen LogP contribution in [-0.2, 0) is 4.79 Å². The lowest BCUT2D eigenvalue weighted by Gasteiger charge is -2.18. The zero-order chi connectivity index (χ0) is 11.3. The summed E-state index contributed by atoms with van der Waals surface area (Å²) in [6.07, 6.45) is 9.56. The van der Waals surface area contributed by atoms with Gasteiger partial charge in [-0.05, 0) is 46.0 Å². The molecule has 0 bridgehead atoms. The molecule has 0 saturated heterocycles. The van der Waals surface area contributed by atoms with Crippen molar-refractivity contribution < 1.29 is 4.79 Å². The van der Waals surface area contributed by atoms with Crippen molar-refractivity contribution in [3.8, 4) is 0 Å². The van der Waals surface area contributed by atoms with Gasteiger partial charge in [-0.1, -0.05) is 23.3 Å². The summed E-state index contributed by atoms with van der Waals surface area (Å²) in [5, 5.41) is 0. The number of nitrogens with two attached hydrogens (primary N) is 1. The third-order valence-electron chi connectivity index (χ3n) is 2.93. The van der Waals surface area contributed by atoms with Gasteiger partial charge in [0, 0.05) is 5.92 Å². The van der Waals surface area contributed by atoms with E-state index in [1.54, 1.807) is 0 Å². The molecule has 2 heteroatoms. The third kappa shape index (κ3) is 4.32. The zero-order valence-corrected chi connectivity index (χ0v) is 9.75. The zero-order valence-electron chi connectivity index (χ0n) is 9.75. The molecule has 0 saturated carbocycles. The first-order valence-corrected chi connectivity index (χ1v) is 5.70. The monoisotopic (exact) mass is 207 g/mol. The predicted molar refractivity (Wildman–Crippen MR) is 63.3 cm³/mol. The minimum absolute atomic E-state index is 0.0807. The van der Waals surface area contributed by atoms with Gasteiger partial charge in [0.05, 0.1) is 0 Å². The average molecular weight is 207 g/mol. The van der Waals surface area contributed by atoms with Crippen LogP contribution in [0.15, 0.2) is 23.3 Å². The maximum Gasteiger partial charge on any atom is 0.220 e. The Bertz CT molecular complexity index is 285. The number of allylic oxidation sites excluding steroid dienone is 4. The van der Waals surface area contributed by atoms with Crippen LogP contribution in [0.5, 0.6) is 0 Å². The molecule has 0 aromatic heterocycles. The smallest absolute Gasteiger partial charge is 0.220 e. The average Bonchev–Trinajstić information content (AvgIpc) is 2.18. The Labute approximate surface area is 92.2 Å². The number of carbonyl (C=O) groups excluding carboxylic acids is 1. The maximum absolute atomic E-state index is 10.9. The Morgan fingerprint density at radius 1 is 1.60 bits per heavy atom. The number of primary amides is 1. The Morgan fingerprint density at radius 2 is 2.33 bits per heavy atom. The van der Waals surface area contributed by atoms with Crippen molar-refractivity contribution in [3.05, 3.63) is 23.3 Å². The summed E-state index contributed by atoms with van der Waals surface area (Å²) < 4.78 is 0. The Balaban J connectivity index is 2.34. The molecule has 1 unspecified atom stereocenters. The summed E-state index contributed by atoms with van der Waals surface area (Å²) >= 11 is 0. The summed E-state index contributed by atoms with van der Waals surface area (Å²) in [5.74, 6) is -0.0631. The molecule has 1 atom stereocenters. The molecule has 0 heterocycles. The maximum atomic E-state index is 10.9. The second-order valence-corrected chi connectivity index (χ2v) is 4.56. The molecular formula is C13H21NO. The van der Waals surface area contributed by atoms with Gasteiger partial charge >= 0.3 is 0 Å². The van der Waals surface area contributed by atoms with E-state index in [4.69, 9.17) is 5.73 Å². The molecule has 0 fully saturated rings. The number of hydrogen-bond acceptors (Lipinski definition) is 1. The van der Waals surface area contributed by atoms with Crippen LogP contribution in [-0.4, -0.2) is 5.91 Å². The second kappa shape index (κ2) is 5.74. The third-order valence-corrected chi connectivity index (χ3v) is 2.93. The standard InChI is InChI=1S/C13H21NO/c1-10(2)4-3-5-11-6-8-12(9-7-11)13(14)15/h4,6,12H,3,5,7-9H2,1-2H3,(H2,14,15). The van der Waals surface area contributed by atoms with E-state index in [9.17, 15) is 4.79 Å². The largest absolute Gasteiger partial charge is 0.369 e. The fourth-order valence-electron chi connectivity index (χ4n) is 1.92. The van der Waals surface area contributed by atoms with E-state index in [2.05, 4.69) is 26.0 Å². The molecular weight excluding hydrogens is 186 g/mol. The van der Waals surface area contributed by atoms with Crippen LogP contribution in [0.1, 0.15) is 46.0 Å². The second-order valence-electron chi connectivity index (χ2n) is 4.56. The lowest BCUT2D eigenvalue weighted by molar-refractivity contribution is -0.122. The first-order chi connectivity index (χ1) is 7.09. The summed E-state index contributed by atoms with van der Waals surface area (Å²) in [6, 6.07) is 0. The number of rotatable bonds is 4. The van der Waals surface area contributed by atoms with Crippen LogP contribution in [0.2, 0.25) is 0 Å². The van der Waals surface area contributed by atoms with Gasteiger partial charge in [0.2, 0.25) is 5.91 Å². The highest BCUT2D eigenvalue weighted by Crippen LogP contribution is 2.26. The van der Waals surface area contributed by atoms with Crippen LogP contribution in [0.3, 0.4) is 0 Å². The molecule has 1 aliphatic carbocycles. The molecule has 0 aromatic carbocycles. The van der Waals surface area contributed by atoms with E-state index >= 15 is 0 Å². The van der Waals surface area contributed by atoms with Crippen LogP contribution >= 0.6 is 0 Å². The van der Waals surface area contributed by atoms with E-state index < -0.39 is 0 Å². The van der Waals surface area contributed by atoms with Crippen molar-refractivity contribution in [1.82, 2.24) is 0 Å². The van der Waals surface area contributed by atoms with Crippen molar-refractivity contribution in [2.24, 2.45) is 11.7 Å². The number of hydrogen-bond donors (Lipinski definition) is 1. The quantitative estimate of drug-likeness (QED) is 0.708. The van der Waals surface area contributed by atoms with E-state index in [1.807, 2.05) is 0 Å². The molecule has 0 spiro atoms. The summed E-state index contributed by atoms with van der Waals surface area (Å²) in [5.41, 5.74) is 8.14. The SMILES string of the molecule is CC(C)=CCCC1=CCC(C(N)=O)CC1. The highest BCUT2D eigenvalue weighted by atomic mass is 16.1. The fourth-order valence-corrected chi connectivity index (χ4v) is 1.92. The van der Waals surface area contributed by atoms with Gasteiger partial charge in [-0.25, -0.2) is 0 Å². The van der Waals surface area contributed by atoms with E-state index in [0.717, 1.165) is 32.1 Å². The molecule has 0 aliphatic heterocycles. The van der Waals surface area contributed by atoms with Gasteiger partial charge in [0.15, 0.2) is 0 Å². The lowest BCUT2D eigenvalue weighted by atomic mass is 9.87. The molecule has 15 heavy (non-hydrogen) atoms. The molecule has 0 radical (unpaired) electrons. The molecule has 1 rings (SSSR count). The molecule has 1 amide bonds. The van der Waals surface area contributed by atoms with Crippen LogP contribution in [0.4, 0.5) is 0 Å². The first-order valence-electron chi connectivity index (χ1n) is 5.70. The van der Waals surface area contributed by atoms with E-state index in [-0.39, 0.29) is 11.8 Å². The van der Waals surface area contributed by atoms with Gasteiger partial charge in [0.25, 0.3) is 0 Å². The Morgan fingerprint density at radius 3 is 2.80 bits per heavy atom. The Hall–Kier alpha value is -1.05. The predicted octanol–water partition coefficient (Wildman–Crippen LogP) is 2.94. The first kappa shape index (κ1) is 12.0.